The maximum absolute atomic E-state index is 12.3. The zero-order valence-electron chi connectivity index (χ0n) is 8.67. The third-order valence-electron chi connectivity index (χ3n) is 1.84. The van der Waals surface area contributed by atoms with Gasteiger partial charge in [-0.05, 0) is 25.1 Å². The molecule has 0 aliphatic heterocycles. The predicted octanol–water partition coefficient (Wildman–Crippen LogP) is 3.37. The molecule has 0 aromatic heterocycles. The quantitative estimate of drug-likeness (QED) is 0.385. The number of nitrogens with two attached hydrogens (primary N) is 1. The average molecular weight is 251 g/mol. The summed E-state index contributed by atoms with van der Waals surface area (Å²) >= 11 is 1.28. The van der Waals surface area contributed by atoms with Gasteiger partial charge in [0.05, 0.1) is 11.5 Å². The van der Waals surface area contributed by atoms with Crippen LogP contribution < -0.4 is 5.73 Å². The lowest BCUT2D eigenvalue weighted by Gasteiger charge is -2.10. The van der Waals surface area contributed by atoms with Gasteiger partial charge in [-0.3, -0.25) is 0 Å². The molecule has 0 bridgehead atoms. The molecule has 0 aliphatic rings. The van der Waals surface area contributed by atoms with Gasteiger partial charge in [-0.2, -0.15) is 13.2 Å². The van der Waals surface area contributed by atoms with Crippen molar-refractivity contribution in [3.8, 4) is 0 Å². The maximum atomic E-state index is 12.3. The van der Waals surface area contributed by atoms with Crippen LogP contribution in [0, 0.1) is 0 Å². The average Bonchev–Trinajstić information content (AvgIpc) is 2.19. The van der Waals surface area contributed by atoms with Gasteiger partial charge in [0.1, 0.15) is 0 Å². The highest BCUT2D eigenvalue weighted by Crippen LogP contribution is 2.34. The molecule has 0 heterocycles. The SMILES string of the molecule is CCOCSc1ccc(C(F)(F)F)cc1N. The molecule has 6 heteroatoms. The highest BCUT2D eigenvalue weighted by molar-refractivity contribution is 7.99. The van der Waals surface area contributed by atoms with E-state index in [0.29, 0.717) is 17.4 Å². The van der Waals surface area contributed by atoms with Crippen molar-refractivity contribution in [1.29, 1.82) is 0 Å². The van der Waals surface area contributed by atoms with E-state index in [1.807, 2.05) is 6.92 Å². The van der Waals surface area contributed by atoms with Crippen molar-refractivity contribution in [2.24, 2.45) is 0 Å². The van der Waals surface area contributed by atoms with Crippen LogP contribution in [0.5, 0.6) is 0 Å². The van der Waals surface area contributed by atoms with Crippen LogP contribution in [0.25, 0.3) is 0 Å². The van der Waals surface area contributed by atoms with Crippen molar-refractivity contribution in [3.05, 3.63) is 23.8 Å². The summed E-state index contributed by atoms with van der Waals surface area (Å²) in [5.74, 6) is 0.381. The lowest BCUT2D eigenvalue weighted by molar-refractivity contribution is -0.137. The Labute approximate surface area is 96.0 Å². The van der Waals surface area contributed by atoms with Crippen molar-refractivity contribution in [2.45, 2.75) is 18.0 Å². The molecular formula is C10H12F3NOS. The van der Waals surface area contributed by atoms with E-state index in [2.05, 4.69) is 0 Å². The molecule has 0 saturated carbocycles. The molecule has 0 spiro atoms. The number of hydrogen-bond acceptors (Lipinski definition) is 3. The van der Waals surface area contributed by atoms with Crippen LogP contribution in [0.2, 0.25) is 0 Å². The molecule has 0 amide bonds. The third-order valence-corrected chi connectivity index (χ3v) is 2.81. The predicted molar refractivity (Wildman–Crippen MR) is 58.2 cm³/mol. The van der Waals surface area contributed by atoms with Gasteiger partial charge in [0.15, 0.2) is 0 Å². The number of ether oxygens (including phenoxy) is 1. The monoisotopic (exact) mass is 251 g/mol. The second kappa shape index (κ2) is 5.45. The van der Waals surface area contributed by atoms with Crippen molar-refractivity contribution in [3.63, 3.8) is 0 Å². The highest BCUT2D eigenvalue weighted by Gasteiger charge is 2.30. The van der Waals surface area contributed by atoms with E-state index >= 15 is 0 Å². The number of benzene rings is 1. The maximum Gasteiger partial charge on any atom is 0.416 e. The molecule has 2 nitrogen and oxygen atoms in total. The van der Waals surface area contributed by atoms with Crippen LogP contribution in [-0.4, -0.2) is 12.5 Å². The topological polar surface area (TPSA) is 35.2 Å². The normalized spacial score (nSPS) is 11.8. The second-order valence-electron chi connectivity index (χ2n) is 3.01. The largest absolute Gasteiger partial charge is 0.416 e. The second-order valence-corrected chi connectivity index (χ2v) is 3.97. The summed E-state index contributed by atoms with van der Waals surface area (Å²) in [5, 5.41) is 0. The Morgan fingerprint density at radius 2 is 2.06 bits per heavy atom. The first-order valence-electron chi connectivity index (χ1n) is 4.62. The fourth-order valence-electron chi connectivity index (χ4n) is 1.04. The summed E-state index contributed by atoms with van der Waals surface area (Å²) in [6, 6.07) is 3.32. The summed E-state index contributed by atoms with van der Waals surface area (Å²) in [4.78, 5) is 0.599. The van der Waals surface area contributed by atoms with E-state index in [4.69, 9.17) is 10.5 Å². The number of hydrogen-bond donors (Lipinski definition) is 1. The summed E-state index contributed by atoms with van der Waals surface area (Å²) in [6.45, 7) is 2.41. The molecule has 1 aromatic rings. The lowest BCUT2D eigenvalue weighted by Crippen LogP contribution is -2.05. The van der Waals surface area contributed by atoms with Gasteiger partial charge in [-0.1, -0.05) is 11.8 Å². The molecule has 2 N–H and O–H groups in total. The smallest absolute Gasteiger partial charge is 0.398 e. The highest BCUT2D eigenvalue weighted by atomic mass is 32.2. The van der Waals surface area contributed by atoms with Gasteiger partial charge in [-0.15, -0.1) is 0 Å². The van der Waals surface area contributed by atoms with Gasteiger partial charge in [0.2, 0.25) is 0 Å². The van der Waals surface area contributed by atoms with Gasteiger partial charge >= 0.3 is 6.18 Å². The molecule has 0 atom stereocenters. The molecule has 1 aromatic carbocycles. The van der Waals surface area contributed by atoms with Crippen molar-refractivity contribution < 1.29 is 17.9 Å². The van der Waals surface area contributed by atoms with Gasteiger partial charge in [0, 0.05) is 17.2 Å². The zero-order valence-corrected chi connectivity index (χ0v) is 9.49. The van der Waals surface area contributed by atoms with Crippen LogP contribution in [0.1, 0.15) is 12.5 Å². The molecule has 1 rings (SSSR count). The summed E-state index contributed by atoms with van der Waals surface area (Å²) in [5.41, 5.74) is 4.92. The Balaban J connectivity index is 2.76. The van der Waals surface area contributed by atoms with Gasteiger partial charge < -0.3 is 10.5 Å². The number of halogens is 3. The Hall–Kier alpha value is -0.880. The van der Waals surface area contributed by atoms with Crippen molar-refractivity contribution in [1.82, 2.24) is 0 Å². The fourth-order valence-corrected chi connectivity index (χ4v) is 1.81. The molecule has 16 heavy (non-hydrogen) atoms. The minimum absolute atomic E-state index is 0.125. The summed E-state index contributed by atoms with van der Waals surface area (Å²) < 4.78 is 42.0. The lowest BCUT2D eigenvalue weighted by atomic mass is 10.2. The third kappa shape index (κ3) is 3.61. The molecule has 0 unspecified atom stereocenters. The van der Waals surface area contributed by atoms with E-state index in [1.165, 1.54) is 17.8 Å². The van der Waals surface area contributed by atoms with Crippen LogP contribution >= 0.6 is 11.8 Å². The first kappa shape index (κ1) is 13.2. The standard InChI is InChI=1S/C10H12F3NOS/c1-2-15-6-16-9-4-3-7(5-8(9)14)10(11,12)13/h3-5H,2,6,14H2,1H3. The van der Waals surface area contributed by atoms with E-state index < -0.39 is 11.7 Å². The van der Waals surface area contributed by atoms with Crippen LogP contribution in [0.15, 0.2) is 23.1 Å². The van der Waals surface area contributed by atoms with Gasteiger partial charge in [0.25, 0.3) is 0 Å². The van der Waals surface area contributed by atoms with Gasteiger partial charge in [-0.25, -0.2) is 0 Å². The Bertz CT molecular complexity index is 354. The number of anilines is 1. The van der Waals surface area contributed by atoms with Crippen molar-refractivity contribution >= 4 is 17.4 Å². The van der Waals surface area contributed by atoms with Crippen LogP contribution in [-0.2, 0) is 10.9 Å². The zero-order chi connectivity index (χ0) is 12.2. The minimum Gasteiger partial charge on any atom is -0.398 e. The van der Waals surface area contributed by atoms with Crippen LogP contribution in [0.4, 0.5) is 18.9 Å². The Morgan fingerprint density at radius 3 is 2.56 bits per heavy atom. The first-order valence-corrected chi connectivity index (χ1v) is 5.61. The Morgan fingerprint density at radius 1 is 1.38 bits per heavy atom. The number of thioether (sulfide) groups is 1. The van der Waals surface area contributed by atoms with E-state index in [-0.39, 0.29) is 5.69 Å². The fraction of sp³-hybridized carbons (Fsp3) is 0.400. The number of rotatable bonds is 4. The van der Waals surface area contributed by atoms with E-state index in [0.717, 1.165) is 12.1 Å². The minimum atomic E-state index is -4.35. The van der Waals surface area contributed by atoms with E-state index in [1.54, 1.807) is 0 Å². The molecular weight excluding hydrogens is 239 g/mol. The molecule has 90 valence electrons. The van der Waals surface area contributed by atoms with E-state index in [9.17, 15) is 13.2 Å². The molecule has 0 fully saturated rings. The number of nitrogen functional groups attached to an aromatic ring is 1. The molecule has 0 saturated heterocycles. The molecule has 0 radical (unpaired) electrons. The van der Waals surface area contributed by atoms with Crippen molar-refractivity contribution in [2.75, 3.05) is 18.3 Å². The summed E-state index contributed by atoms with van der Waals surface area (Å²) in [7, 11) is 0. The van der Waals surface area contributed by atoms with Crippen LogP contribution in [0.3, 0.4) is 0 Å². The summed E-state index contributed by atoms with van der Waals surface area (Å²) in [6.07, 6.45) is -4.35. The number of alkyl halides is 3. The molecule has 0 aliphatic carbocycles. The Kier molecular flexibility index (Phi) is 4.49. The first-order chi connectivity index (χ1) is 7.45.